The van der Waals surface area contributed by atoms with Gasteiger partial charge in [0.25, 0.3) is 0 Å². The minimum Gasteiger partial charge on any atom is -0.289 e. The molecular formula is C13H13Br2N3OS. The number of nitrogens with zero attached hydrogens (tertiary/aromatic N) is 3. The van der Waals surface area contributed by atoms with Crippen molar-refractivity contribution in [1.29, 1.82) is 0 Å². The van der Waals surface area contributed by atoms with Gasteiger partial charge in [-0.15, -0.1) is 10.2 Å². The molecule has 1 aromatic heterocycles. The SMILES string of the molecule is CCC(Br)C(=O)N(C)c1nnc(-c2ccc(Br)cc2)s1. The topological polar surface area (TPSA) is 46.1 Å². The maximum absolute atomic E-state index is 12.1. The van der Waals surface area contributed by atoms with Gasteiger partial charge < -0.3 is 0 Å². The lowest BCUT2D eigenvalue weighted by molar-refractivity contribution is -0.117. The highest BCUT2D eigenvalue weighted by Gasteiger charge is 2.21. The van der Waals surface area contributed by atoms with E-state index in [0.29, 0.717) is 5.13 Å². The van der Waals surface area contributed by atoms with E-state index in [9.17, 15) is 4.79 Å². The molecule has 1 amide bonds. The summed E-state index contributed by atoms with van der Waals surface area (Å²) in [5.74, 6) is -0.00833. The zero-order chi connectivity index (χ0) is 14.7. The van der Waals surface area contributed by atoms with Gasteiger partial charge in [-0.25, -0.2) is 0 Å². The van der Waals surface area contributed by atoms with Crippen molar-refractivity contribution in [2.75, 3.05) is 11.9 Å². The van der Waals surface area contributed by atoms with Crippen LogP contribution in [-0.4, -0.2) is 28.0 Å². The third-order valence-electron chi connectivity index (χ3n) is 2.75. The Labute approximate surface area is 138 Å². The smallest absolute Gasteiger partial charge is 0.242 e. The van der Waals surface area contributed by atoms with Crippen LogP contribution in [0.2, 0.25) is 0 Å². The van der Waals surface area contributed by atoms with Crippen molar-refractivity contribution in [3.63, 3.8) is 0 Å². The average Bonchev–Trinajstić information content (AvgIpc) is 2.95. The summed E-state index contributed by atoms with van der Waals surface area (Å²) in [4.78, 5) is 13.4. The molecule has 0 aliphatic heterocycles. The Hall–Kier alpha value is -0.790. The standard InChI is InChI=1S/C13H13Br2N3OS/c1-3-10(15)12(19)18(2)13-17-16-11(20-13)8-4-6-9(14)7-5-8/h4-7,10H,3H2,1-2H3. The Balaban J connectivity index is 2.20. The van der Waals surface area contributed by atoms with Gasteiger partial charge in [-0.05, 0) is 18.6 Å². The summed E-state index contributed by atoms with van der Waals surface area (Å²) in [6.45, 7) is 1.96. The summed E-state index contributed by atoms with van der Waals surface area (Å²) in [6.07, 6.45) is 0.738. The third kappa shape index (κ3) is 3.45. The first-order valence-corrected chi connectivity index (χ1v) is 8.56. The third-order valence-corrected chi connectivity index (χ3v) is 5.37. The van der Waals surface area contributed by atoms with E-state index in [1.54, 1.807) is 11.9 Å². The van der Waals surface area contributed by atoms with E-state index in [0.717, 1.165) is 21.5 Å². The summed E-state index contributed by atoms with van der Waals surface area (Å²) in [7, 11) is 1.72. The minimum atomic E-state index is -0.187. The second-order valence-electron chi connectivity index (χ2n) is 4.17. The quantitative estimate of drug-likeness (QED) is 0.702. The van der Waals surface area contributed by atoms with Crippen molar-refractivity contribution in [2.45, 2.75) is 18.2 Å². The molecule has 106 valence electrons. The summed E-state index contributed by atoms with van der Waals surface area (Å²) >= 11 is 8.16. The van der Waals surface area contributed by atoms with Crippen LogP contribution in [-0.2, 0) is 4.79 Å². The fourth-order valence-corrected chi connectivity index (χ4v) is 2.93. The molecule has 0 saturated carbocycles. The lowest BCUT2D eigenvalue weighted by atomic mass is 10.2. The van der Waals surface area contributed by atoms with Gasteiger partial charge in [-0.2, -0.15) is 0 Å². The molecule has 0 aliphatic rings. The number of aromatic nitrogens is 2. The summed E-state index contributed by atoms with van der Waals surface area (Å²) < 4.78 is 1.02. The van der Waals surface area contributed by atoms with Crippen molar-refractivity contribution in [2.24, 2.45) is 0 Å². The molecule has 2 aromatic rings. The van der Waals surface area contributed by atoms with Crippen molar-refractivity contribution in [1.82, 2.24) is 10.2 Å². The summed E-state index contributed by atoms with van der Waals surface area (Å²) in [5, 5.41) is 9.65. The Morgan fingerprint density at radius 1 is 1.35 bits per heavy atom. The number of benzene rings is 1. The number of halogens is 2. The largest absolute Gasteiger partial charge is 0.289 e. The first-order chi connectivity index (χ1) is 9.52. The summed E-state index contributed by atoms with van der Waals surface area (Å²) in [6, 6.07) is 7.85. The van der Waals surface area contributed by atoms with Crippen LogP contribution >= 0.6 is 43.2 Å². The van der Waals surface area contributed by atoms with Crippen LogP contribution in [0.3, 0.4) is 0 Å². The van der Waals surface area contributed by atoms with Gasteiger partial charge in [0, 0.05) is 17.1 Å². The molecule has 0 fully saturated rings. The highest BCUT2D eigenvalue weighted by Crippen LogP contribution is 2.29. The number of hydrogen-bond donors (Lipinski definition) is 0. The van der Waals surface area contributed by atoms with E-state index in [2.05, 4.69) is 42.1 Å². The van der Waals surface area contributed by atoms with Crippen molar-refractivity contribution < 1.29 is 4.79 Å². The molecule has 0 radical (unpaired) electrons. The second-order valence-corrected chi connectivity index (χ2v) is 7.15. The van der Waals surface area contributed by atoms with E-state index >= 15 is 0 Å². The fraction of sp³-hybridized carbons (Fsp3) is 0.308. The molecule has 2 rings (SSSR count). The molecule has 0 N–H and O–H groups in total. The van der Waals surface area contributed by atoms with Crippen molar-refractivity contribution in [3.05, 3.63) is 28.7 Å². The number of rotatable bonds is 4. The molecule has 0 spiro atoms. The van der Waals surface area contributed by atoms with Crippen molar-refractivity contribution >= 4 is 54.2 Å². The summed E-state index contributed by atoms with van der Waals surface area (Å²) in [5.41, 5.74) is 0.990. The number of carbonyl (C=O) groups excluding carboxylic acids is 1. The van der Waals surface area contributed by atoms with Crippen LogP contribution < -0.4 is 4.90 Å². The molecular weight excluding hydrogens is 406 g/mol. The number of anilines is 1. The van der Waals surface area contributed by atoms with E-state index in [-0.39, 0.29) is 10.7 Å². The normalized spacial score (nSPS) is 12.2. The predicted molar refractivity (Wildman–Crippen MR) is 89.5 cm³/mol. The van der Waals surface area contributed by atoms with Crippen LogP contribution in [0.1, 0.15) is 13.3 Å². The van der Waals surface area contributed by atoms with E-state index in [4.69, 9.17) is 0 Å². The molecule has 1 heterocycles. The minimum absolute atomic E-state index is 0.00833. The Kier molecular flexibility index (Phi) is 5.29. The maximum Gasteiger partial charge on any atom is 0.242 e. The Bertz CT molecular complexity index is 600. The molecule has 20 heavy (non-hydrogen) atoms. The molecule has 1 atom stereocenters. The van der Waals surface area contributed by atoms with Crippen LogP contribution in [0.4, 0.5) is 5.13 Å². The maximum atomic E-state index is 12.1. The molecule has 0 bridgehead atoms. The molecule has 7 heteroatoms. The average molecular weight is 419 g/mol. The molecule has 1 unspecified atom stereocenters. The highest BCUT2D eigenvalue weighted by atomic mass is 79.9. The number of carbonyl (C=O) groups is 1. The van der Waals surface area contributed by atoms with E-state index < -0.39 is 0 Å². The Morgan fingerprint density at radius 3 is 2.60 bits per heavy atom. The number of hydrogen-bond acceptors (Lipinski definition) is 4. The fourth-order valence-electron chi connectivity index (χ4n) is 1.54. The molecule has 0 saturated heterocycles. The molecule has 1 aromatic carbocycles. The van der Waals surface area contributed by atoms with Gasteiger partial charge in [-0.3, -0.25) is 9.69 Å². The van der Waals surface area contributed by atoms with E-state index in [1.807, 2.05) is 31.2 Å². The van der Waals surface area contributed by atoms with Gasteiger partial charge in [0.15, 0.2) is 0 Å². The van der Waals surface area contributed by atoms with E-state index in [1.165, 1.54) is 11.3 Å². The second kappa shape index (κ2) is 6.78. The monoisotopic (exact) mass is 417 g/mol. The predicted octanol–water partition coefficient (Wildman–Crippen LogP) is 4.10. The van der Waals surface area contributed by atoms with Crippen molar-refractivity contribution in [3.8, 4) is 10.6 Å². The number of alkyl halides is 1. The molecule has 4 nitrogen and oxygen atoms in total. The van der Waals surface area contributed by atoms with Crippen LogP contribution in [0, 0.1) is 0 Å². The van der Waals surface area contributed by atoms with Gasteiger partial charge in [0.1, 0.15) is 5.01 Å². The lowest BCUT2D eigenvalue weighted by Gasteiger charge is -2.15. The highest BCUT2D eigenvalue weighted by molar-refractivity contribution is 9.10. The van der Waals surface area contributed by atoms with Crippen LogP contribution in [0.5, 0.6) is 0 Å². The van der Waals surface area contributed by atoms with Gasteiger partial charge in [-0.1, -0.05) is 62.3 Å². The molecule has 0 aliphatic carbocycles. The zero-order valence-electron chi connectivity index (χ0n) is 11.0. The van der Waals surface area contributed by atoms with Gasteiger partial charge in [0.2, 0.25) is 11.0 Å². The van der Waals surface area contributed by atoms with Gasteiger partial charge >= 0.3 is 0 Å². The van der Waals surface area contributed by atoms with Crippen LogP contribution in [0.25, 0.3) is 10.6 Å². The zero-order valence-corrected chi connectivity index (χ0v) is 15.0. The van der Waals surface area contributed by atoms with Crippen LogP contribution in [0.15, 0.2) is 28.7 Å². The lowest BCUT2D eigenvalue weighted by Crippen LogP contribution is -2.32. The first-order valence-electron chi connectivity index (χ1n) is 6.04. The van der Waals surface area contributed by atoms with Gasteiger partial charge in [0.05, 0.1) is 4.83 Å². The number of amides is 1. The first kappa shape index (κ1) is 15.6. The Morgan fingerprint density at radius 2 is 2.00 bits per heavy atom.